The van der Waals surface area contributed by atoms with Crippen LogP contribution in [0.3, 0.4) is 0 Å². The van der Waals surface area contributed by atoms with Crippen LogP contribution in [0.15, 0.2) is 40.9 Å². The van der Waals surface area contributed by atoms with Gasteiger partial charge in [-0.25, -0.2) is 4.79 Å². The van der Waals surface area contributed by atoms with E-state index in [0.29, 0.717) is 12.1 Å². The summed E-state index contributed by atoms with van der Waals surface area (Å²) in [5.74, 6) is -1.14. The maximum absolute atomic E-state index is 12.5. The maximum atomic E-state index is 12.5. The molecule has 134 valence electrons. The molecule has 2 aromatic carbocycles. The molecule has 2 amide bonds. The molecular formula is C19H15BrClNO4. The van der Waals surface area contributed by atoms with Crippen molar-refractivity contribution >= 4 is 45.3 Å². The molecule has 0 spiro atoms. The van der Waals surface area contributed by atoms with Gasteiger partial charge in [0.2, 0.25) is 0 Å². The Morgan fingerprint density at radius 3 is 2.54 bits per heavy atom. The second-order valence-corrected chi connectivity index (χ2v) is 7.16. The van der Waals surface area contributed by atoms with E-state index < -0.39 is 5.97 Å². The van der Waals surface area contributed by atoms with Crippen molar-refractivity contribution in [3.8, 4) is 5.75 Å². The zero-order valence-corrected chi connectivity index (χ0v) is 16.3. The zero-order valence-electron chi connectivity index (χ0n) is 13.9. The third-order valence-corrected chi connectivity index (χ3v) is 4.83. The van der Waals surface area contributed by atoms with Gasteiger partial charge in [-0.15, -0.1) is 0 Å². The first-order valence-corrected chi connectivity index (χ1v) is 9.27. The first kappa shape index (κ1) is 18.6. The molecular weight excluding hydrogens is 422 g/mol. The van der Waals surface area contributed by atoms with Crippen LogP contribution in [0.5, 0.6) is 5.75 Å². The standard InChI is InChI=1S/C19H15BrClNO4/c1-2-3-8-22-17(23)13-6-4-11(9-14(13)18(22)24)19(25)26-16-7-5-12(20)10-15(16)21/h4-7,9-10H,2-3,8H2,1H3. The van der Waals surface area contributed by atoms with Crippen molar-refractivity contribution in [3.63, 3.8) is 0 Å². The van der Waals surface area contributed by atoms with Gasteiger partial charge in [-0.1, -0.05) is 40.9 Å². The molecule has 1 aliphatic heterocycles. The van der Waals surface area contributed by atoms with E-state index in [-0.39, 0.29) is 33.7 Å². The van der Waals surface area contributed by atoms with Crippen LogP contribution in [0.25, 0.3) is 0 Å². The van der Waals surface area contributed by atoms with Crippen LogP contribution in [0.4, 0.5) is 0 Å². The number of carbonyl (C=O) groups excluding carboxylic acids is 3. The Morgan fingerprint density at radius 1 is 1.12 bits per heavy atom. The lowest BCUT2D eigenvalue weighted by molar-refractivity contribution is 0.0651. The summed E-state index contributed by atoms with van der Waals surface area (Å²) >= 11 is 9.33. The Kier molecular flexibility index (Phi) is 5.44. The number of hydrogen-bond donors (Lipinski definition) is 0. The fourth-order valence-electron chi connectivity index (χ4n) is 2.65. The Bertz CT molecular complexity index is 912. The highest BCUT2D eigenvalue weighted by Crippen LogP contribution is 2.29. The number of ether oxygens (including phenoxy) is 1. The minimum Gasteiger partial charge on any atom is -0.421 e. The summed E-state index contributed by atoms with van der Waals surface area (Å²) in [4.78, 5) is 38.4. The van der Waals surface area contributed by atoms with E-state index in [9.17, 15) is 14.4 Å². The number of rotatable bonds is 5. The summed E-state index contributed by atoms with van der Waals surface area (Å²) in [5.41, 5.74) is 0.716. The average Bonchev–Trinajstić information content (AvgIpc) is 2.86. The minimum atomic E-state index is -0.649. The molecule has 0 fully saturated rings. The molecule has 0 radical (unpaired) electrons. The molecule has 26 heavy (non-hydrogen) atoms. The molecule has 3 rings (SSSR count). The van der Waals surface area contributed by atoms with Crippen LogP contribution in [0, 0.1) is 0 Å². The average molecular weight is 437 g/mol. The fourth-order valence-corrected chi connectivity index (χ4v) is 3.37. The minimum absolute atomic E-state index is 0.182. The van der Waals surface area contributed by atoms with Crippen LogP contribution in [-0.4, -0.2) is 29.2 Å². The molecule has 5 nitrogen and oxygen atoms in total. The number of imide groups is 1. The zero-order chi connectivity index (χ0) is 18.8. The summed E-state index contributed by atoms with van der Waals surface area (Å²) in [7, 11) is 0. The van der Waals surface area contributed by atoms with Crippen LogP contribution >= 0.6 is 27.5 Å². The summed E-state index contributed by atoms with van der Waals surface area (Å²) in [6.45, 7) is 2.36. The lowest BCUT2D eigenvalue weighted by Crippen LogP contribution is -2.30. The van der Waals surface area contributed by atoms with Gasteiger partial charge in [0.15, 0.2) is 0 Å². The predicted molar refractivity (Wildman–Crippen MR) is 101 cm³/mol. The second-order valence-electron chi connectivity index (χ2n) is 5.84. The molecule has 1 heterocycles. The molecule has 0 aliphatic carbocycles. The molecule has 2 aromatic rings. The molecule has 0 aromatic heterocycles. The van der Waals surface area contributed by atoms with Gasteiger partial charge in [-0.05, 0) is 42.8 Å². The fraction of sp³-hybridized carbons (Fsp3) is 0.211. The SMILES string of the molecule is CCCCN1C(=O)c2ccc(C(=O)Oc3ccc(Br)cc3Cl)cc2C1=O. The van der Waals surface area contributed by atoms with Gasteiger partial charge in [0.25, 0.3) is 11.8 Å². The number of unbranched alkanes of at least 4 members (excludes halogenated alkanes) is 1. The first-order valence-electron chi connectivity index (χ1n) is 8.10. The van der Waals surface area contributed by atoms with Gasteiger partial charge in [0.05, 0.1) is 21.7 Å². The Balaban J connectivity index is 1.84. The Labute approximate surface area is 164 Å². The number of amides is 2. The summed E-state index contributed by atoms with van der Waals surface area (Å²) < 4.78 is 6.06. The van der Waals surface area contributed by atoms with Crippen LogP contribution < -0.4 is 4.74 Å². The monoisotopic (exact) mass is 435 g/mol. The quantitative estimate of drug-likeness (QED) is 0.386. The third-order valence-electron chi connectivity index (χ3n) is 4.04. The molecule has 0 N–H and O–H groups in total. The summed E-state index contributed by atoms with van der Waals surface area (Å²) in [5, 5.41) is 0.283. The maximum Gasteiger partial charge on any atom is 0.343 e. The number of benzene rings is 2. The van der Waals surface area contributed by atoms with Gasteiger partial charge in [0, 0.05) is 11.0 Å². The third kappa shape index (κ3) is 3.52. The first-order chi connectivity index (χ1) is 12.4. The van der Waals surface area contributed by atoms with Crippen molar-refractivity contribution in [3.05, 3.63) is 62.6 Å². The predicted octanol–water partition coefficient (Wildman–Crippen LogP) is 4.72. The van der Waals surface area contributed by atoms with E-state index in [2.05, 4.69) is 15.9 Å². The van der Waals surface area contributed by atoms with E-state index in [1.54, 1.807) is 18.2 Å². The van der Waals surface area contributed by atoms with Crippen LogP contribution in [0.2, 0.25) is 5.02 Å². The number of halogens is 2. The van der Waals surface area contributed by atoms with Crippen molar-refractivity contribution in [2.24, 2.45) is 0 Å². The number of nitrogens with zero attached hydrogens (tertiary/aromatic N) is 1. The van der Waals surface area contributed by atoms with E-state index in [0.717, 1.165) is 17.3 Å². The van der Waals surface area contributed by atoms with Crippen molar-refractivity contribution < 1.29 is 19.1 Å². The molecule has 0 atom stereocenters. The van der Waals surface area contributed by atoms with Crippen LogP contribution in [-0.2, 0) is 0 Å². The van der Waals surface area contributed by atoms with E-state index in [1.165, 1.54) is 23.1 Å². The Hall–Kier alpha value is -2.18. The molecule has 0 saturated carbocycles. The lowest BCUT2D eigenvalue weighted by atomic mass is 10.1. The molecule has 1 aliphatic rings. The van der Waals surface area contributed by atoms with Gasteiger partial charge in [0.1, 0.15) is 5.75 Å². The molecule has 7 heteroatoms. The largest absolute Gasteiger partial charge is 0.421 e. The van der Waals surface area contributed by atoms with E-state index in [4.69, 9.17) is 16.3 Å². The topological polar surface area (TPSA) is 63.7 Å². The highest BCUT2D eigenvalue weighted by molar-refractivity contribution is 9.10. The van der Waals surface area contributed by atoms with Crippen LogP contribution in [0.1, 0.15) is 50.8 Å². The van der Waals surface area contributed by atoms with Crippen molar-refractivity contribution in [1.82, 2.24) is 4.90 Å². The van der Waals surface area contributed by atoms with Gasteiger partial charge < -0.3 is 4.74 Å². The summed E-state index contributed by atoms with van der Waals surface area (Å²) in [6, 6.07) is 9.24. The number of carbonyl (C=O) groups is 3. The smallest absolute Gasteiger partial charge is 0.343 e. The van der Waals surface area contributed by atoms with Crippen molar-refractivity contribution in [2.75, 3.05) is 6.54 Å². The van der Waals surface area contributed by atoms with E-state index >= 15 is 0 Å². The Morgan fingerprint density at radius 2 is 1.85 bits per heavy atom. The number of esters is 1. The van der Waals surface area contributed by atoms with Crippen molar-refractivity contribution in [1.29, 1.82) is 0 Å². The lowest BCUT2D eigenvalue weighted by Gasteiger charge is -2.12. The van der Waals surface area contributed by atoms with Crippen molar-refractivity contribution in [2.45, 2.75) is 19.8 Å². The highest BCUT2D eigenvalue weighted by atomic mass is 79.9. The number of fused-ring (bicyclic) bond motifs is 1. The van der Waals surface area contributed by atoms with Gasteiger partial charge in [-0.3, -0.25) is 14.5 Å². The van der Waals surface area contributed by atoms with Gasteiger partial charge >= 0.3 is 5.97 Å². The molecule has 0 saturated heterocycles. The summed E-state index contributed by atoms with van der Waals surface area (Å²) in [6.07, 6.45) is 1.61. The normalized spacial score (nSPS) is 13.1. The highest BCUT2D eigenvalue weighted by Gasteiger charge is 2.35. The van der Waals surface area contributed by atoms with Gasteiger partial charge in [-0.2, -0.15) is 0 Å². The molecule has 0 bridgehead atoms. The molecule has 0 unspecified atom stereocenters. The van der Waals surface area contributed by atoms with E-state index in [1.807, 2.05) is 6.92 Å². The number of hydrogen-bond acceptors (Lipinski definition) is 4. The second kappa shape index (κ2) is 7.60.